The van der Waals surface area contributed by atoms with Crippen LogP contribution in [0.25, 0.3) is 28.1 Å². The van der Waals surface area contributed by atoms with Gasteiger partial charge in [0.2, 0.25) is 0 Å². The zero-order valence-corrected chi connectivity index (χ0v) is 18.6. The van der Waals surface area contributed by atoms with E-state index in [4.69, 9.17) is 14.2 Å². The Bertz CT molecular complexity index is 1280. The molecule has 0 saturated heterocycles. The molecule has 8 nitrogen and oxygen atoms in total. The molecule has 0 radical (unpaired) electrons. The van der Waals surface area contributed by atoms with Crippen molar-refractivity contribution < 1.29 is 9.26 Å². The van der Waals surface area contributed by atoms with E-state index < -0.39 is 0 Å². The maximum Gasteiger partial charge on any atom is 0.281 e. The van der Waals surface area contributed by atoms with Gasteiger partial charge in [-0.05, 0) is 38.8 Å². The zero-order chi connectivity index (χ0) is 22.1. The molecule has 0 amide bonds. The van der Waals surface area contributed by atoms with Crippen molar-refractivity contribution in [1.82, 2.24) is 24.5 Å². The van der Waals surface area contributed by atoms with Crippen molar-refractivity contribution in [3.8, 4) is 22.8 Å². The number of para-hydroxylation sites is 1. The van der Waals surface area contributed by atoms with E-state index in [2.05, 4.69) is 24.1 Å². The smallest absolute Gasteiger partial charge is 0.281 e. The second-order valence-corrected chi connectivity index (χ2v) is 7.62. The molecule has 3 aromatic heterocycles. The largest absolute Gasteiger partial charge is 0.493 e. The topological polar surface area (TPSA) is 88.0 Å². The van der Waals surface area contributed by atoms with Gasteiger partial charge >= 0.3 is 0 Å². The molecule has 4 aromatic rings. The minimum absolute atomic E-state index is 0.201. The summed E-state index contributed by atoms with van der Waals surface area (Å²) in [5, 5.41) is 8.71. The number of hydrogen-bond acceptors (Lipinski definition) is 6. The fraction of sp³-hybridized carbons (Fsp3) is 0.391. The van der Waals surface area contributed by atoms with E-state index in [9.17, 15) is 4.79 Å². The number of aromatic nitrogens is 5. The van der Waals surface area contributed by atoms with Gasteiger partial charge in [0.25, 0.3) is 5.56 Å². The molecule has 3 heterocycles. The number of rotatable bonds is 7. The zero-order valence-electron chi connectivity index (χ0n) is 18.6. The van der Waals surface area contributed by atoms with E-state index in [1.165, 1.54) is 4.57 Å². The van der Waals surface area contributed by atoms with Gasteiger partial charge in [0, 0.05) is 7.05 Å². The Morgan fingerprint density at radius 1 is 1.10 bits per heavy atom. The molecule has 0 aliphatic rings. The van der Waals surface area contributed by atoms with Gasteiger partial charge in [-0.15, -0.1) is 0 Å². The van der Waals surface area contributed by atoms with Crippen molar-refractivity contribution in [3.05, 3.63) is 51.8 Å². The highest BCUT2D eigenvalue weighted by atomic mass is 16.5. The second kappa shape index (κ2) is 8.37. The average Bonchev–Trinajstić information content (AvgIpc) is 3.29. The lowest BCUT2D eigenvalue weighted by Crippen LogP contribution is -2.20. The summed E-state index contributed by atoms with van der Waals surface area (Å²) in [5.41, 5.74) is 3.87. The molecule has 0 atom stereocenters. The minimum Gasteiger partial charge on any atom is -0.493 e. The van der Waals surface area contributed by atoms with Crippen molar-refractivity contribution in [2.75, 3.05) is 6.61 Å². The van der Waals surface area contributed by atoms with E-state index >= 15 is 0 Å². The lowest BCUT2D eigenvalue weighted by atomic mass is 10.1. The van der Waals surface area contributed by atoms with Crippen LogP contribution in [-0.2, 0) is 13.5 Å². The predicted octanol–water partition coefficient (Wildman–Crippen LogP) is 4.13. The van der Waals surface area contributed by atoms with E-state index in [0.717, 1.165) is 35.5 Å². The summed E-state index contributed by atoms with van der Waals surface area (Å²) in [4.78, 5) is 18.3. The molecule has 0 aliphatic carbocycles. The van der Waals surface area contributed by atoms with E-state index in [1.807, 2.05) is 38.1 Å². The summed E-state index contributed by atoms with van der Waals surface area (Å²) in [7, 11) is 1.72. The number of fused-ring (bicyclic) bond motifs is 1. The quantitative estimate of drug-likeness (QED) is 0.446. The molecular weight excluding hydrogens is 394 g/mol. The summed E-state index contributed by atoms with van der Waals surface area (Å²) in [6.45, 7) is 8.45. The van der Waals surface area contributed by atoms with Gasteiger partial charge < -0.3 is 9.26 Å². The first-order valence-corrected chi connectivity index (χ1v) is 10.6. The molecule has 0 bridgehead atoms. The fourth-order valence-corrected chi connectivity index (χ4v) is 3.80. The van der Waals surface area contributed by atoms with E-state index in [0.29, 0.717) is 41.4 Å². The van der Waals surface area contributed by atoms with Crippen LogP contribution in [0, 0.1) is 13.8 Å². The van der Waals surface area contributed by atoms with Crippen LogP contribution in [0.5, 0.6) is 5.75 Å². The molecule has 0 unspecified atom stereocenters. The Morgan fingerprint density at radius 2 is 1.87 bits per heavy atom. The molecular formula is C23H27N5O3. The molecule has 4 rings (SSSR count). The summed E-state index contributed by atoms with van der Waals surface area (Å²) in [5.74, 6) is 1.92. The van der Waals surface area contributed by atoms with Gasteiger partial charge in [0.05, 0.1) is 17.9 Å². The summed E-state index contributed by atoms with van der Waals surface area (Å²) >= 11 is 0. The Balaban J connectivity index is 2.01. The van der Waals surface area contributed by atoms with Gasteiger partial charge in [-0.3, -0.25) is 9.36 Å². The molecule has 0 fully saturated rings. The van der Waals surface area contributed by atoms with Gasteiger partial charge in [0.1, 0.15) is 28.5 Å². The van der Waals surface area contributed by atoms with Gasteiger partial charge in [0.15, 0.2) is 11.3 Å². The third-order valence-electron chi connectivity index (χ3n) is 5.28. The Kier molecular flexibility index (Phi) is 5.63. The Hall–Kier alpha value is -3.42. The number of nitrogens with zero attached hydrogens (tertiary/aromatic N) is 5. The van der Waals surface area contributed by atoms with Crippen LogP contribution >= 0.6 is 0 Å². The number of hydrogen-bond donors (Lipinski definition) is 0. The third kappa shape index (κ3) is 3.52. The number of aryl methyl sites for hydroxylation is 3. The van der Waals surface area contributed by atoms with Crippen molar-refractivity contribution in [3.63, 3.8) is 0 Å². The normalized spacial score (nSPS) is 11.4. The lowest BCUT2D eigenvalue weighted by Gasteiger charge is -2.13. The second-order valence-electron chi connectivity index (χ2n) is 7.62. The monoisotopic (exact) mass is 421 g/mol. The first-order valence-electron chi connectivity index (χ1n) is 10.6. The van der Waals surface area contributed by atoms with Gasteiger partial charge in [-0.2, -0.15) is 5.10 Å². The highest BCUT2D eigenvalue weighted by Gasteiger charge is 2.24. The molecule has 1 aromatic carbocycles. The van der Waals surface area contributed by atoms with Gasteiger partial charge in [-0.25, -0.2) is 9.67 Å². The Morgan fingerprint density at radius 3 is 2.55 bits per heavy atom. The highest BCUT2D eigenvalue weighted by molar-refractivity contribution is 5.80. The summed E-state index contributed by atoms with van der Waals surface area (Å²) in [6.07, 6.45) is 2.49. The summed E-state index contributed by atoms with van der Waals surface area (Å²) < 4.78 is 14.6. The Labute approximate surface area is 180 Å². The maximum atomic E-state index is 13.3. The first-order chi connectivity index (χ1) is 15.0. The van der Waals surface area contributed by atoms with Crippen LogP contribution in [0.4, 0.5) is 0 Å². The van der Waals surface area contributed by atoms with Crippen LogP contribution in [0.3, 0.4) is 0 Å². The van der Waals surface area contributed by atoms with Crippen LogP contribution < -0.4 is 10.3 Å². The van der Waals surface area contributed by atoms with Crippen LogP contribution in [0.1, 0.15) is 43.8 Å². The molecule has 0 aliphatic heterocycles. The highest BCUT2D eigenvalue weighted by Crippen LogP contribution is 2.30. The van der Waals surface area contributed by atoms with E-state index in [-0.39, 0.29) is 5.56 Å². The molecule has 0 N–H and O–H groups in total. The van der Waals surface area contributed by atoms with Crippen molar-refractivity contribution in [2.45, 2.75) is 47.0 Å². The van der Waals surface area contributed by atoms with Crippen LogP contribution in [0.15, 0.2) is 33.6 Å². The molecule has 162 valence electrons. The third-order valence-corrected chi connectivity index (χ3v) is 5.28. The average molecular weight is 422 g/mol. The van der Waals surface area contributed by atoms with Crippen LogP contribution in [0.2, 0.25) is 0 Å². The standard InChI is InChI=1S/C23H27N5O3/c1-6-10-17-19-20(25-28(17)21-14(3)26-31-15(21)4)23(29)27(5)22(24-19)16-11-8-9-12-18(16)30-13-7-2/h8-9,11-12H,6-7,10,13H2,1-5H3. The predicted molar refractivity (Wildman–Crippen MR) is 119 cm³/mol. The van der Waals surface area contributed by atoms with Crippen molar-refractivity contribution in [1.29, 1.82) is 0 Å². The lowest BCUT2D eigenvalue weighted by molar-refractivity contribution is 0.318. The number of benzene rings is 1. The number of ether oxygens (including phenoxy) is 1. The van der Waals surface area contributed by atoms with Crippen LogP contribution in [-0.4, -0.2) is 31.1 Å². The fourth-order valence-electron chi connectivity index (χ4n) is 3.80. The SMILES string of the molecule is CCCOc1ccccc1-c1nc2c(CCC)n(-c3c(C)noc3C)nc2c(=O)n1C. The molecule has 31 heavy (non-hydrogen) atoms. The van der Waals surface area contributed by atoms with Crippen molar-refractivity contribution in [2.24, 2.45) is 7.05 Å². The van der Waals surface area contributed by atoms with E-state index in [1.54, 1.807) is 11.7 Å². The maximum absolute atomic E-state index is 13.3. The summed E-state index contributed by atoms with van der Waals surface area (Å²) in [6, 6.07) is 7.67. The molecule has 0 spiro atoms. The first kappa shape index (κ1) is 20.8. The van der Waals surface area contributed by atoms with Gasteiger partial charge in [-0.1, -0.05) is 37.6 Å². The minimum atomic E-state index is -0.201. The van der Waals surface area contributed by atoms with Crippen molar-refractivity contribution >= 4 is 11.0 Å². The molecule has 0 saturated carbocycles. The molecule has 8 heteroatoms.